The average Bonchev–Trinajstić information content (AvgIpc) is 2.91. The number of hydrogen-bond donors (Lipinski definition) is 0. The van der Waals surface area contributed by atoms with Crippen molar-refractivity contribution in [3.05, 3.63) is 56.8 Å². The van der Waals surface area contributed by atoms with Crippen molar-refractivity contribution in [1.29, 1.82) is 0 Å². The minimum absolute atomic E-state index is 0.0707. The third-order valence-electron chi connectivity index (χ3n) is 2.49. The van der Waals surface area contributed by atoms with Gasteiger partial charge in [0.05, 0.1) is 11.5 Å². The molecule has 0 aliphatic heterocycles. The molecule has 0 atom stereocenters. The predicted molar refractivity (Wildman–Crippen MR) is 73.3 cm³/mol. The lowest BCUT2D eigenvalue weighted by Crippen LogP contribution is -2.13. The summed E-state index contributed by atoms with van der Waals surface area (Å²) >= 11 is 3.12. The molecule has 8 heteroatoms. The number of nitrogens with zero attached hydrogens (tertiary/aromatic N) is 3. The fourth-order valence-corrected chi connectivity index (χ4v) is 1.92. The van der Waals surface area contributed by atoms with Crippen molar-refractivity contribution < 1.29 is 14.5 Å². The first-order valence-electron chi connectivity index (χ1n) is 5.66. The molecule has 0 radical (unpaired) electrons. The Morgan fingerprint density at radius 1 is 1.50 bits per heavy atom. The number of benzene rings is 1. The smallest absolute Gasteiger partial charge is 0.345 e. The average molecular weight is 340 g/mol. The number of carbonyl (C=O) groups is 1. The summed E-state index contributed by atoms with van der Waals surface area (Å²) in [5, 5.41) is 14.9. The minimum Gasteiger partial charge on any atom is -0.460 e. The molecule has 2 aromatic rings. The Morgan fingerprint density at radius 3 is 2.95 bits per heavy atom. The highest BCUT2D eigenvalue weighted by molar-refractivity contribution is 9.10. The zero-order chi connectivity index (χ0) is 14.5. The first-order chi connectivity index (χ1) is 9.58. The Labute approximate surface area is 122 Å². The third-order valence-corrected chi connectivity index (χ3v) is 2.98. The van der Waals surface area contributed by atoms with Crippen molar-refractivity contribution in [1.82, 2.24) is 9.78 Å². The Morgan fingerprint density at radius 2 is 2.30 bits per heavy atom. The van der Waals surface area contributed by atoms with Crippen molar-refractivity contribution in [2.24, 2.45) is 0 Å². The molecule has 0 unspecified atom stereocenters. The highest BCUT2D eigenvalue weighted by atomic mass is 79.9. The van der Waals surface area contributed by atoms with E-state index in [2.05, 4.69) is 21.0 Å². The van der Waals surface area contributed by atoms with E-state index in [-0.39, 0.29) is 17.9 Å². The Hall–Kier alpha value is -2.22. The second kappa shape index (κ2) is 6.29. The van der Waals surface area contributed by atoms with E-state index in [1.54, 1.807) is 29.2 Å². The van der Waals surface area contributed by atoms with Crippen LogP contribution in [0.4, 0.5) is 5.69 Å². The SMILES string of the molecule is O=C(OCCn1cccn1)c1ccc(Br)cc1[N+](=O)[O-]. The fraction of sp³-hybridized carbons (Fsp3) is 0.167. The summed E-state index contributed by atoms with van der Waals surface area (Å²) in [7, 11) is 0. The number of aromatic nitrogens is 2. The molecule has 1 aromatic carbocycles. The van der Waals surface area contributed by atoms with E-state index < -0.39 is 10.9 Å². The standard InChI is InChI=1S/C12H10BrN3O4/c13-9-2-3-10(11(8-9)16(18)19)12(17)20-7-6-15-5-1-4-14-15/h1-5,8H,6-7H2. The molecule has 1 aromatic heterocycles. The van der Waals surface area contributed by atoms with Crippen LogP contribution in [0, 0.1) is 10.1 Å². The van der Waals surface area contributed by atoms with Crippen LogP contribution in [0.25, 0.3) is 0 Å². The van der Waals surface area contributed by atoms with Gasteiger partial charge in [0.1, 0.15) is 12.2 Å². The molecule has 0 saturated carbocycles. The minimum atomic E-state index is -0.726. The highest BCUT2D eigenvalue weighted by Crippen LogP contribution is 2.24. The lowest BCUT2D eigenvalue weighted by atomic mass is 10.2. The van der Waals surface area contributed by atoms with E-state index in [1.807, 2.05) is 0 Å². The van der Waals surface area contributed by atoms with Gasteiger partial charge in [-0.1, -0.05) is 15.9 Å². The van der Waals surface area contributed by atoms with Crippen LogP contribution in [0.15, 0.2) is 41.1 Å². The lowest BCUT2D eigenvalue weighted by Gasteiger charge is -2.06. The molecule has 0 bridgehead atoms. The molecule has 0 fully saturated rings. The van der Waals surface area contributed by atoms with Gasteiger partial charge in [-0.15, -0.1) is 0 Å². The Bertz CT molecular complexity index is 628. The monoisotopic (exact) mass is 339 g/mol. The number of halogens is 1. The molecule has 7 nitrogen and oxygen atoms in total. The second-order valence-electron chi connectivity index (χ2n) is 3.82. The first kappa shape index (κ1) is 14.2. The van der Waals surface area contributed by atoms with Crippen molar-refractivity contribution in [3.8, 4) is 0 Å². The van der Waals surface area contributed by atoms with Gasteiger partial charge in [-0.25, -0.2) is 4.79 Å². The van der Waals surface area contributed by atoms with Gasteiger partial charge in [0.25, 0.3) is 5.69 Å². The van der Waals surface area contributed by atoms with Crippen LogP contribution in [-0.2, 0) is 11.3 Å². The summed E-state index contributed by atoms with van der Waals surface area (Å²) in [6.45, 7) is 0.483. The van der Waals surface area contributed by atoms with Gasteiger partial charge in [0, 0.05) is 22.9 Å². The van der Waals surface area contributed by atoms with Gasteiger partial charge in [0.2, 0.25) is 0 Å². The quantitative estimate of drug-likeness (QED) is 0.474. The van der Waals surface area contributed by atoms with Gasteiger partial charge in [-0.2, -0.15) is 5.10 Å². The fourth-order valence-electron chi connectivity index (χ4n) is 1.57. The van der Waals surface area contributed by atoms with Crippen LogP contribution in [-0.4, -0.2) is 27.3 Å². The van der Waals surface area contributed by atoms with Crippen LogP contribution in [0.3, 0.4) is 0 Å². The van der Waals surface area contributed by atoms with E-state index >= 15 is 0 Å². The molecule has 0 spiro atoms. The summed E-state index contributed by atoms with van der Waals surface area (Å²) in [6.07, 6.45) is 3.34. The van der Waals surface area contributed by atoms with Crippen LogP contribution < -0.4 is 0 Å². The second-order valence-corrected chi connectivity index (χ2v) is 4.74. The third kappa shape index (κ3) is 3.41. The number of rotatable bonds is 5. The molecular weight excluding hydrogens is 330 g/mol. The molecule has 0 aliphatic rings. The number of nitro groups is 1. The van der Waals surface area contributed by atoms with E-state index in [1.165, 1.54) is 12.1 Å². The molecule has 0 amide bonds. The van der Waals surface area contributed by atoms with E-state index in [0.29, 0.717) is 11.0 Å². The molecule has 104 valence electrons. The van der Waals surface area contributed by atoms with Gasteiger partial charge < -0.3 is 4.74 Å². The topological polar surface area (TPSA) is 87.3 Å². The normalized spacial score (nSPS) is 10.2. The number of ether oxygens (including phenoxy) is 1. The van der Waals surface area contributed by atoms with E-state index in [9.17, 15) is 14.9 Å². The molecule has 0 saturated heterocycles. The maximum atomic E-state index is 11.8. The summed E-state index contributed by atoms with van der Waals surface area (Å²) in [5.41, 5.74) is -0.359. The summed E-state index contributed by atoms with van der Waals surface area (Å²) < 4.78 is 7.14. The van der Waals surface area contributed by atoms with Crippen LogP contribution in [0.2, 0.25) is 0 Å². The molecule has 1 heterocycles. The van der Waals surface area contributed by atoms with Crippen LogP contribution in [0.5, 0.6) is 0 Å². The van der Waals surface area contributed by atoms with Crippen molar-refractivity contribution >= 4 is 27.6 Å². The van der Waals surface area contributed by atoms with Gasteiger partial charge in [0.15, 0.2) is 0 Å². The molecule has 2 rings (SSSR count). The number of esters is 1. The zero-order valence-corrected chi connectivity index (χ0v) is 11.8. The predicted octanol–water partition coefficient (Wildman–Crippen LogP) is 2.41. The van der Waals surface area contributed by atoms with Gasteiger partial charge in [-0.3, -0.25) is 14.8 Å². The van der Waals surface area contributed by atoms with E-state index in [4.69, 9.17) is 4.74 Å². The number of carbonyl (C=O) groups excluding carboxylic acids is 1. The maximum absolute atomic E-state index is 11.8. The van der Waals surface area contributed by atoms with Crippen molar-refractivity contribution in [2.75, 3.05) is 6.61 Å². The molecule has 0 aliphatic carbocycles. The summed E-state index contributed by atoms with van der Waals surface area (Å²) in [5.74, 6) is -0.726. The first-order valence-corrected chi connectivity index (χ1v) is 6.45. The zero-order valence-electron chi connectivity index (χ0n) is 10.2. The number of nitro benzene ring substituents is 1. The Kier molecular flexibility index (Phi) is 4.46. The number of hydrogen-bond acceptors (Lipinski definition) is 5. The lowest BCUT2D eigenvalue weighted by molar-refractivity contribution is -0.385. The summed E-state index contributed by atoms with van der Waals surface area (Å²) in [6, 6.07) is 5.93. The van der Waals surface area contributed by atoms with Crippen LogP contribution >= 0.6 is 15.9 Å². The Balaban J connectivity index is 2.03. The molecule has 0 N–H and O–H groups in total. The van der Waals surface area contributed by atoms with Crippen LogP contribution in [0.1, 0.15) is 10.4 Å². The van der Waals surface area contributed by atoms with Crippen molar-refractivity contribution in [3.63, 3.8) is 0 Å². The maximum Gasteiger partial charge on any atom is 0.345 e. The van der Waals surface area contributed by atoms with Gasteiger partial charge in [-0.05, 0) is 18.2 Å². The highest BCUT2D eigenvalue weighted by Gasteiger charge is 2.21. The largest absolute Gasteiger partial charge is 0.460 e. The molecular formula is C12H10BrN3O4. The van der Waals surface area contributed by atoms with E-state index in [0.717, 1.165) is 0 Å². The van der Waals surface area contributed by atoms with Crippen molar-refractivity contribution in [2.45, 2.75) is 6.54 Å². The molecule has 20 heavy (non-hydrogen) atoms. The summed E-state index contributed by atoms with van der Waals surface area (Å²) in [4.78, 5) is 22.1. The van der Waals surface area contributed by atoms with Gasteiger partial charge >= 0.3 is 5.97 Å².